The van der Waals surface area contributed by atoms with Gasteiger partial charge in [0.05, 0.1) is 4.90 Å². The fourth-order valence-electron chi connectivity index (χ4n) is 3.60. The highest BCUT2D eigenvalue weighted by atomic mass is 32.2. The molecular weight excluding hydrogens is 414 g/mol. The highest BCUT2D eigenvalue weighted by Crippen LogP contribution is 2.23. The van der Waals surface area contributed by atoms with E-state index in [-0.39, 0.29) is 22.8 Å². The molecule has 1 aliphatic rings. The second-order valence-corrected chi connectivity index (χ2v) is 9.93. The van der Waals surface area contributed by atoms with E-state index in [0.29, 0.717) is 24.2 Å². The van der Waals surface area contributed by atoms with Crippen LogP contribution in [0.25, 0.3) is 0 Å². The standard InChI is InChI=1S/C23H29N3O4S/c1-15(2)24-22(27)21-6-5-13-26(21)23(28)18-8-10-19(11-9-18)25-31(29,30)20-12-7-16(3)17(4)14-20/h7-12,14-15,21,25H,5-6,13H2,1-4H3,(H,24,27). The number of rotatable bonds is 6. The number of carbonyl (C=O) groups is 2. The van der Waals surface area contributed by atoms with E-state index >= 15 is 0 Å². The van der Waals surface area contributed by atoms with Crippen molar-refractivity contribution >= 4 is 27.5 Å². The van der Waals surface area contributed by atoms with E-state index < -0.39 is 16.1 Å². The van der Waals surface area contributed by atoms with Gasteiger partial charge >= 0.3 is 0 Å². The first kappa shape index (κ1) is 22.8. The predicted octanol–water partition coefficient (Wildman–Crippen LogP) is 3.23. The van der Waals surface area contributed by atoms with Gasteiger partial charge in [0, 0.05) is 23.8 Å². The highest BCUT2D eigenvalue weighted by Gasteiger charge is 2.34. The summed E-state index contributed by atoms with van der Waals surface area (Å²) >= 11 is 0. The number of sulfonamides is 1. The fraction of sp³-hybridized carbons (Fsp3) is 0.391. The molecule has 0 aliphatic carbocycles. The van der Waals surface area contributed by atoms with Gasteiger partial charge in [-0.3, -0.25) is 14.3 Å². The third-order valence-corrected chi connectivity index (χ3v) is 6.80. The molecule has 0 radical (unpaired) electrons. The normalized spacial score (nSPS) is 16.4. The molecule has 7 nitrogen and oxygen atoms in total. The Morgan fingerprint density at radius 1 is 1.03 bits per heavy atom. The van der Waals surface area contributed by atoms with E-state index in [1.54, 1.807) is 47.4 Å². The average molecular weight is 444 g/mol. The minimum Gasteiger partial charge on any atom is -0.352 e. The lowest BCUT2D eigenvalue weighted by Crippen LogP contribution is -2.47. The molecule has 0 spiro atoms. The number of likely N-dealkylation sites (tertiary alicyclic amines) is 1. The molecule has 1 heterocycles. The van der Waals surface area contributed by atoms with Gasteiger partial charge < -0.3 is 10.2 Å². The SMILES string of the molecule is Cc1ccc(S(=O)(=O)Nc2ccc(C(=O)N3CCCC3C(=O)NC(C)C)cc2)cc1C. The maximum Gasteiger partial charge on any atom is 0.261 e. The summed E-state index contributed by atoms with van der Waals surface area (Å²) in [5.74, 6) is -0.372. The second-order valence-electron chi connectivity index (χ2n) is 8.25. The van der Waals surface area contributed by atoms with E-state index in [4.69, 9.17) is 0 Å². The molecule has 31 heavy (non-hydrogen) atoms. The zero-order valence-corrected chi connectivity index (χ0v) is 19.1. The summed E-state index contributed by atoms with van der Waals surface area (Å²) in [6.07, 6.45) is 1.41. The first-order valence-corrected chi connectivity index (χ1v) is 11.9. The second kappa shape index (κ2) is 9.09. The van der Waals surface area contributed by atoms with Crippen molar-refractivity contribution in [2.45, 2.75) is 57.5 Å². The maximum atomic E-state index is 12.9. The fourth-order valence-corrected chi connectivity index (χ4v) is 4.75. The zero-order valence-electron chi connectivity index (χ0n) is 18.3. The van der Waals surface area contributed by atoms with Crippen LogP contribution in [0.4, 0.5) is 5.69 Å². The summed E-state index contributed by atoms with van der Waals surface area (Å²) in [5.41, 5.74) is 2.69. The third kappa shape index (κ3) is 5.25. The largest absolute Gasteiger partial charge is 0.352 e. The van der Waals surface area contributed by atoms with Crippen molar-refractivity contribution in [2.75, 3.05) is 11.3 Å². The van der Waals surface area contributed by atoms with Gasteiger partial charge in [0.25, 0.3) is 15.9 Å². The Labute approximate surface area is 183 Å². The highest BCUT2D eigenvalue weighted by molar-refractivity contribution is 7.92. The molecule has 3 rings (SSSR count). The number of benzene rings is 2. The van der Waals surface area contributed by atoms with Crippen LogP contribution in [0.2, 0.25) is 0 Å². The minimum atomic E-state index is -3.73. The van der Waals surface area contributed by atoms with Crippen LogP contribution in [0.1, 0.15) is 48.2 Å². The number of nitrogens with zero attached hydrogens (tertiary/aromatic N) is 1. The Balaban J connectivity index is 1.73. The minimum absolute atomic E-state index is 0.00896. The third-order valence-electron chi connectivity index (χ3n) is 5.42. The maximum absolute atomic E-state index is 12.9. The van der Waals surface area contributed by atoms with Gasteiger partial charge in [-0.25, -0.2) is 8.42 Å². The monoisotopic (exact) mass is 443 g/mol. The lowest BCUT2D eigenvalue weighted by molar-refractivity contribution is -0.125. The topological polar surface area (TPSA) is 95.6 Å². The lowest BCUT2D eigenvalue weighted by atomic mass is 10.1. The van der Waals surface area contributed by atoms with Crippen LogP contribution >= 0.6 is 0 Å². The van der Waals surface area contributed by atoms with E-state index in [9.17, 15) is 18.0 Å². The summed E-state index contributed by atoms with van der Waals surface area (Å²) in [4.78, 5) is 27.1. The van der Waals surface area contributed by atoms with Gasteiger partial charge in [0.1, 0.15) is 6.04 Å². The van der Waals surface area contributed by atoms with Crippen molar-refractivity contribution in [1.29, 1.82) is 0 Å². The summed E-state index contributed by atoms with van der Waals surface area (Å²) in [5, 5.41) is 2.87. The molecule has 1 fully saturated rings. The number of anilines is 1. The summed E-state index contributed by atoms with van der Waals surface area (Å²) in [6, 6.07) is 10.8. The van der Waals surface area contributed by atoms with E-state index in [1.165, 1.54) is 0 Å². The molecule has 0 aromatic heterocycles. The molecule has 1 unspecified atom stereocenters. The summed E-state index contributed by atoms with van der Waals surface area (Å²) < 4.78 is 27.9. The van der Waals surface area contributed by atoms with Crippen molar-refractivity contribution < 1.29 is 18.0 Å². The Morgan fingerprint density at radius 3 is 2.32 bits per heavy atom. The van der Waals surface area contributed by atoms with Crippen LogP contribution in [-0.4, -0.2) is 43.8 Å². The predicted molar refractivity (Wildman–Crippen MR) is 121 cm³/mol. The van der Waals surface area contributed by atoms with Crippen molar-refractivity contribution in [3.8, 4) is 0 Å². The Hall–Kier alpha value is -2.87. The van der Waals surface area contributed by atoms with Crippen molar-refractivity contribution in [1.82, 2.24) is 10.2 Å². The number of carbonyl (C=O) groups excluding carboxylic acids is 2. The van der Waals surface area contributed by atoms with Crippen LogP contribution in [0, 0.1) is 13.8 Å². The van der Waals surface area contributed by atoms with Gasteiger partial charge in [-0.15, -0.1) is 0 Å². The number of hydrogen-bond donors (Lipinski definition) is 2. The van der Waals surface area contributed by atoms with Crippen LogP contribution in [-0.2, 0) is 14.8 Å². The Morgan fingerprint density at radius 2 is 1.71 bits per heavy atom. The molecule has 0 saturated carbocycles. The molecule has 0 bridgehead atoms. The van der Waals surface area contributed by atoms with E-state index in [1.807, 2.05) is 27.7 Å². The zero-order chi connectivity index (χ0) is 22.8. The van der Waals surface area contributed by atoms with E-state index in [2.05, 4.69) is 10.0 Å². The van der Waals surface area contributed by atoms with Gasteiger partial charge in [-0.2, -0.15) is 0 Å². The van der Waals surface area contributed by atoms with Crippen LogP contribution in [0.5, 0.6) is 0 Å². The van der Waals surface area contributed by atoms with Crippen molar-refractivity contribution in [2.24, 2.45) is 0 Å². The summed E-state index contributed by atoms with van der Waals surface area (Å²) in [6.45, 7) is 8.08. The van der Waals surface area contributed by atoms with Crippen molar-refractivity contribution in [3.05, 3.63) is 59.2 Å². The van der Waals surface area contributed by atoms with Gasteiger partial charge in [0.2, 0.25) is 5.91 Å². The molecule has 2 aromatic carbocycles. The summed E-state index contributed by atoms with van der Waals surface area (Å²) in [7, 11) is -3.73. The molecule has 1 aliphatic heterocycles. The Kier molecular flexibility index (Phi) is 6.69. The quantitative estimate of drug-likeness (QED) is 0.716. The van der Waals surface area contributed by atoms with Gasteiger partial charge in [0.15, 0.2) is 0 Å². The first-order valence-electron chi connectivity index (χ1n) is 10.4. The Bertz CT molecular complexity index is 1080. The van der Waals surface area contributed by atoms with E-state index in [0.717, 1.165) is 17.5 Å². The average Bonchev–Trinajstić information content (AvgIpc) is 3.19. The molecule has 2 N–H and O–H groups in total. The molecular formula is C23H29N3O4S. The number of amides is 2. The van der Waals surface area contributed by atoms with Crippen LogP contribution in [0.15, 0.2) is 47.4 Å². The molecule has 2 aromatic rings. The van der Waals surface area contributed by atoms with Crippen LogP contribution in [0.3, 0.4) is 0 Å². The van der Waals surface area contributed by atoms with Crippen molar-refractivity contribution in [3.63, 3.8) is 0 Å². The molecule has 2 amide bonds. The number of hydrogen-bond acceptors (Lipinski definition) is 4. The lowest BCUT2D eigenvalue weighted by Gasteiger charge is -2.25. The van der Waals surface area contributed by atoms with Crippen LogP contribution < -0.4 is 10.0 Å². The van der Waals surface area contributed by atoms with Gasteiger partial charge in [-0.05, 0) is 88.1 Å². The van der Waals surface area contributed by atoms with Gasteiger partial charge in [-0.1, -0.05) is 6.07 Å². The molecule has 8 heteroatoms. The molecule has 1 saturated heterocycles. The smallest absolute Gasteiger partial charge is 0.261 e. The molecule has 166 valence electrons. The number of aryl methyl sites for hydroxylation is 2. The number of nitrogens with one attached hydrogen (secondary N) is 2. The molecule has 1 atom stereocenters. The first-order chi connectivity index (χ1) is 14.6.